The van der Waals surface area contributed by atoms with Crippen molar-refractivity contribution in [3.05, 3.63) is 82.8 Å². The van der Waals surface area contributed by atoms with E-state index >= 15 is 0 Å². The van der Waals surface area contributed by atoms with Crippen molar-refractivity contribution < 1.29 is 17.9 Å². The van der Waals surface area contributed by atoms with Crippen LogP contribution in [0, 0.1) is 5.92 Å². The molecule has 0 aliphatic rings. The minimum absolute atomic E-state index is 0.0892. The van der Waals surface area contributed by atoms with Gasteiger partial charge in [0.05, 0.1) is 21.7 Å². The molecule has 0 spiro atoms. The van der Waals surface area contributed by atoms with Gasteiger partial charge >= 0.3 is 0 Å². The van der Waals surface area contributed by atoms with Gasteiger partial charge in [-0.1, -0.05) is 32.0 Å². The van der Waals surface area contributed by atoms with Gasteiger partial charge in [-0.2, -0.15) is 0 Å². The first kappa shape index (κ1) is 27.6. The number of thiocarbonyl (C=S) groups is 1. The van der Waals surface area contributed by atoms with E-state index in [9.17, 15) is 13.2 Å². The highest BCUT2D eigenvalue weighted by molar-refractivity contribution is 9.10. The first-order valence-electron chi connectivity index (χ1n) is 11.3. The first-order valence-corrected chi connectivity index (χ1v) is 14.0. The summed E-state index contributed by atoms with van der Waals surface area (Å²) in [5.41, 5.74) is 1.54. The third kappa shape index (κ3) is 7.05. The Labute approximate surface area is 226 Å². The van der Waals surface area contributed by atoms with Crippen LogP contribution in [0.25, 0.3) is 0 Å². The molecule has 0 saturated carbocycles. The molecule has 3 aromatic rings. The lowest BCUT2D eigenvalue weighted by atomic mass is 10.2. The number of nitrogens with zero attached hydrogens (tertiary/aromatic N) is 1. The molecule has 36 heavy (non-hydrogen) atoms. The Balaban J connectivity index is 1.63. The van der Waals surface area contributed by atoms with E-state index in [4.69, 9.17) is 17.0 Å². The molecule has 0 aromatic heterocycles. The number of hydrogen-bond donors (Lipinski definition) is 2. The molecule has 3 rings (SSSR count). The van der Waals surface area contributed by atoms with Crippen molar-refractivity contribution >= 4 is 60.6 Å². The van der Waals surface area contributed by atoms with E-state index in [1.165, 1.54) is 16.4 Å². The number of nitrogens with one attached hydrogen (secondary N) is 2. The molecule has 0 fully saturated rings. The van der Waals surface area contributed by atoms with Gasteiger partial charge in [-0.3, -0.25) is 14.4 Å². The Morgan fingerprint density at radius 2 is 1.72 bits per heavy atom. The molecular weight excluding hydrogens is 562 g/mol. The normalized spacial score (nSPS) is 11.1. The molecule has 0 aliphatic carbocycles. The van der Waals surface area contributed by atoms with Crippen LogP contribution in [0.5, 0.6) is 5.75 Å². The van der Waals surface area contributed by atoms with Crippen LogP contribution < -0.4 is 19.7 Å². The number of hydrogen-bond acceptors (Lipinski definition) is 5. The van der Waals surface area contributed by atoms with Gasteiger partial charge in [-0.05, 0) is 95.6 Å². The minimum atomic E-state index is -3.73. The summed E-state index contributed by atoms with van der Waals surface area (Å²) in [6, 6.07) is 20.2. The summed E-state index contributed by atoms with van der Waals surface area (Å²) in [4.78, 5) is 12.8. The lowest BCUT2D eigenvalue weighted by Gasteiger charge is -2.23. The highest BCUT2D eigenvalue weighted by Crippen LogP contribution is 2.27. The van der Waals surface area contributed by atoms with E-state index in [1.54, 1.807) is 61.5 Å². The molecular formula is C26H28BrN3O4S2. The summed E-state index contributed by atoms with van der Waals surface area (Å²) in [7, 11) is -3.73. The molecule has 0 bridgehead atoms. The van der Waals surface area contributed by atoms with Crippen molar-refractivity contribution in [1.82, 2.24) is 5.32 Å². The van der Waals surface area contributed by atoms with Crippen LogP contribution in [0.2, 0.25) is 0 Å². The number of ether oxygens (including phenoxy) is 1. The Morgan fingerprint density at radius 3 is 2.31 bits per heavy atom. The third-order valence-corrected chi connectivity index (χ3v) is 7.77. The van der Waals surface area contributed by atoms with Crippen molar-refractivity contribution in [2.75, 3.05) is 22.8 Å². The van der Waals surface area contributed by atoms with Crippen molar-refractivity contribution in [2.24, 2.45) is 5.92 Å². The number of amides is 1. The van der Waals surface area contributed by atoms with Gasteiger partial charge in [0.25, 0.3) is 15.9 Å². The fourth-order valence-corrected chi connectivity index (χ4v) is 5.45. The maximum atomic E-state index is 13.1. The first-order chi connectivity index (χ1) is 17.1. The van der Waals surface area contributed by atoms with E-state index in [2.05, 4.69) is 40.4 Å². The zero-order valence-electron chi connectivity index (χ0n) is 20.2. The molecule has 0 radical (unpaired) electrons. The maximum absolute atomic E-state index is 13.1. The summed E-state index contributed by atoms with van der Waals surface area (Å²) in [5.74, 6) is 0.654. The van der Waals surface area contributed by atoms with Crippen LogP contribution in [0.4, 0.5) is 11.4 Å². The van der Waals surface area contributed by atoms with Crippen LogP contribution in [-0.2, 0) is 10.0 Å². The zero-order chi connectivity index (χ0) is 26.3. The Hall–Kier alpha value is -2.95. The molecule has 0 unspecified atom stereocenters. The average Bonchev–Trinajstić information content (AvgIpc) is 2.84. The number of carbonyl (C=O) groups is 1. The van der Waals surface area contributed by atoms with Gasteiger partial charge in [-0.15, -0.1) is 0 Å². The molecule has 2 N–H and O–H groups in total. The van der Waals surface area contributed by atoms with Gasteiger partial charge in [0.2, 0.25) is 0 Å². The van der Waals surface area contributed by atoms with Crippen LogP contribution in [0.3, 0.4) is 0 Å². The van der Waals surface area contributed by atoms with Crippen LogP contribution >= 0.6 is 28.1 Å². The molecule has 7 nitrogen and oxygen atoms in total. The smallest absolute Gasteiger partial charge is 0.264 e. The molecule has 3 aromatic carbocycles. The van der Waals surface area contributed by atoms with Gasteiger partial charge in [-0.25, -0.2) is 8.42 Å². The number of carbonyl (C=O) groups excluding carboxylic acids is 1. The molecule has 0 heterocycles. The molecule has 0 aliphatic heterocycles. The van der Waals surface area contributed by atoms with Gasteiger partial charge in [0.15, 0.2) is 5.11 Å². The average molecular weight is 591 g/mol. The van der Waals surface area contributed by atoms with Crippen molar-refractivity contribution in [3.63, 3.8) is 0 Å². The van der Waals surface area contributed by atoms with E-state index in [0.29, 0.717) is 46.2 Å². The monoisotopic (exact) mass is 589 g/mol. The SMILES string of the molecule is CCN(c1ccccc1)S(=O)(=O)c1ccc(NC(=S)NC(=O)c2ccc(OCC(C)C)c(Br)c2)cc1. The number of para-hydroxylation sites is 1. The third-order valence-electron chi connectivity index (χ3n) is 5.02. The van der Waals surface area contributed by atoms with Crippen molar-refractivity contribution in [2.45, 2.75) is 25.7 Å². The Morgan fingerprint density at radius 1 is 1.06 bits per heavy atom. The lowest BCUT2D eigenvalue weighted by Crippen LogP contribution is -2.34. The highest BCUT2D eigenvalue weighted by atomic mass is 79.9. The molecule has 190 valence electrons. The zero-order valence-corrected chi connectivity index (χ0v) is 23.4. The topological polar surface area (TPSA) is 87.7 Å². The summed E-state index contributed by atoms with van der Waals surface area (Å²) in [6.45, 7) is 6.76. The van der Waals surface area contributed by atoms with Crippen LogP contribution in [0.1, 0.15) is 31.1 Å². The summed E-state index contributed by atoms with van der Waals surface area (Å²) < 4.78 is 34.0. The van der Waals surface area contributed by atoms with Crippen molar-refractivity contribution in [1.29, 1.82) is 0 Å². The van der Waals surface area contributed by atoms with Crippen LogP contribution in [-0.4, -0.2) is 32.6 Å². The molecule has 0 atom stereocenters. The minimum Gasteiger partial charge on any atom is -0.492 e. The van der Waals surface area contributed by atoms with Gasteiger partial charge in [0, 0.05) is 17.8 Å². The fraction of sp³-hybridized carbons (Fsp3) is 0.231. The lowest BCUT2D eigenvalue weighted by molar-refractivity contribution is 0.0977. The number of sulfonamides is 1. The molecule has 10 heteroatoms. The second kappa shape index (κ2) is 12.3. The summed E-state index contributed by atoms with van der Waals surface area (Å²) in [6.07, 6.45) is 0. The van der Waals surface area contributed by atoms with E-state index in [1.807, 2.05) is 6.07 Å². The number of rotatable bonds is 9. The predicted octanol–water partition coefficient (Wildman–Crippen LogP) is 5.83. The van der Waals surface area contributed by atoms with Crippen LogP contribution in [0.15, 0.2) is 82.2 Å². The quantitative estimate of drug-likeness (QED) is 0.305. The van der Waals surface area contributed by atoms with Gasteiger partial charge in [0.1, 0.15) is 5.75 Å². The second-order valence-corrected chi connectivity index (χ2v) is 11.4. The maximum Gasteiger partial charge on any atom is 0.264 e. The Kier molecular flexibility index (Phi) is 9.47. The number of anilines is 2. The Bertz CT molecular complexity index is 1310. The largest absolute Gasteiger partial charge is 0.492 e. The molecule has 1 amide bonds. The van der Waals surface area contributed by atoms with Gasteiger partial charge < -0.3 is 10.1 Å². The standard InChI is InChI=1S/C26H28BrN3O4S2/c1-4-30(21-8-6-5-7-9-21)36(32,33)22-13-11-20(12-14-22)28-26(35)29-25(31)19-10-15-24(23(27)16-19)34-17-18(2)3/h5-16,18H,4,17H2,1-3H3,(H2,28,29,31,35). The second-order valence-electron chi connectivity index (χ2n) is 8.29. The predicted molar refractivity (Wildman–Crippen MR) is 151 cm³/mol. The van der Waals surface area contributed by atoms with Crippen molar-refractivity contribution in [3.8, 4) is 5.75 Å². The summed E-state index contributed by atoms with van der Waals surface area (Å²) >= 11 is 8.70. The number of halogens is 1. The highest BCUT2D eigenvalue weighted by Gasteiger charge is 2.23. The van der Waals surface area contributed by atoms with E-state index in [-0.39, 0.29) is 15.9 Å². The van der Waals surface area contributed by atoms with E-state index < -0.39 is 10.0 Å². The summed E-state index contributed by atoms with van der Waals surface area (Å²) in [5, 5.41) is 5.63. The fourth-order valence-electron chi connectivity index (χ4n) is 3.28. The number of benzene rings is 3. The molecule has 0 saturated heterocycles. The van der Waals surface area contributed by atoms with E-state index in [0.717, 1.165) is 0 Å².